The molecule has 0 atom stereocenters. The second kappa shape index (κ2) is 5.15. The van der Waals surface area contributed by atoms with E-state index in [0.717, 1.165) is 0 Å². The van der Waals surface area contributed by atoms with Gasteiger partial charge in [-0.1, -0.05) is 0 Å². The van der Waals surface area contributed by atoms with Gasteiger partial charge in [-0.05, 0) is 0 Å². The van der Waals surface area contributed by atoms with Gasteiger partial charge in [-0.3, -0.25) is 10.6 Å². The highest BCUT2D eigenvalue weighted by molar-refractivity contribution is 14.1. The molecule has 0 saturated heterocycles. The molecule has 0 fully saturated rings. The molecule has 20 heavy (non-hydrogen) atoms. The third kappa shape index (κ3) is 2.84. The van der Waals surface area contributed by atoms with Crippen molar-refractivity contribution in [3.05, 3.63) is 3.83 Å². The Morgan fingerprint density at radius 1 is 0.850 bits per heavy atom. The van der Waals surface area contributed by atoms with E-state index in [-0.39, 0.29) is 23.8 Å². The van der Waals surface area contributed by atoms with E-state index in [4.69, 9.17) is 5.73 Å². The second-order valence-corrected chi connectivity index (χ2v) is 4.26. The molecule has 0 aliphatic heterocycles. The average molecular weight is 387 g/mol. The molecule has 0 saturated carbocycles. The lowest BCUT2D eigenvalue weighted by Gasteiger charge is -2.00. The van der Waals surface area contributed by atoms with Crippen LogP contribution in [0.3, 0.4) is 0 Å². The molecule has 0 amide bonds. The van der Waals surface area contributed by atoms with Crippen molar-refractivity contribution in [1.82, 2.24) is 50.8 Å². The number of aromatic amines is 2. The number of hydrogen-bond acceptors (Lipinski definition) is 11. The summed E-state index contributed by atoms with van der Waals surface area (Å²) in [5.41, 5.74) is 5.35. The van der Waals surface area contributed by atoms with Crippen LogP contribution in [-0.2, 0) is 0 Å². The normalized spacial score (nSPS) is 10.4. The SMILES string of the molecule is Nc1n[nH]c(Nc2nnc(Nc3nc(I)n[nH]3)nn2)n1. The number of H-pyrrole nitrogens is 2. The van der Waals surface area contributed by atoms with Crippen LogP contribution in [0, 0.1) is 3.83 Å². The molecule has 3 heterocycles. The minimum absolute atomic E-state index is 0.103. The Morgan fingerprint density at radius 2 is 1.40 bits per heavy atom. The Morgan fingerprint density at radius 3 is 1.85 bits per heavy atom. The molecule has 0 radical (unpaired) electrons. The summed E-state index contributed by atoms with van der Waals surface area (Å²) in [7, 11) is 0. The van der Waals surface area contributed by atoms with Crippen molar-refractivity contribution in [1.29, 1.82) is 0 Å². The number of aromatic nitrogens is 10. The van der Waals surface area contributed by atoms with E-state index in [2.05, 4.69) is 61.4 Å². The van der Waals surface area contributed by atoms with Gasteiger partial charge >= 0.3 is 0 Å². The first kappa shape index (κ1) is 12.4. The van der Waals surface area contributed by atoms with Crippen molar-refractivity contribution in [2.45, 2.75) is 0 Å². The zero-order valence-corrected chi connectivity index (χ0v) is 11.7. The number of halogens is 1. The lowest BCUT2D eigenvalue weighted by atomic mass is 10.8. The van der Waals surface area contributed by atoms with Crippen LogP contribution in [0.4, 0.5) is 29.7 Å². The Kier molecular flexibility index (Phi) is 3.19. The summed E-state index contributed by atoms with van der Waals surface area (Å²) in [6, 6.07) is 0. The highest BCUT2D eigenvalue weighted by Crippen LogP contribution is 2.08. The van der Waals surface area contributed by atoms with Crippen LogP contribution < -0.4 is 16.4 Å². The van der Waals surface area contributed by atoms with Crippen LogP contribution in [0.5, 0.6) is 0 Å². The minimum atomic E-state index is 0.103. The molecule has 0 aromatic carbocycles. The lowest BCUT2D eigenvalue weighted by Crippen LogP contribution is -2.06. The molecule has 3 aromatic rings. The smallest absolute Gasteiger partial charge is 0.269 e. The number of nitrogens with two attached hydrogens (primary N) is 1. The molecule has 0 spiro atoms. The topological polar surface area (TPSA) is 185 Å². The standard InChI is InChI=1S/C6H6IN13/c7-1-9-3(15-13-1)11-5-17-19-6(20-18-5)12-4-10-2(8)14-16-4/h(H2,9,11,13,15,17,18)(H4,8,10,12,14,16,19,20). The number of nitrogens with zero attached hydrogens (tertiary/aromatic N) is 8. The van der Waals surface area contributed by atoms with Crippen molar-refractivity contribution in [2.75, 3.05) is 16.4 Å². The average Bonchev–Trinajstić information content (AvgIpc) is 3.01. The number of nitrogen functional groups attached to an aromatic ring is 1. The number of anilines is 5. The van der Waals surface area contributed by atoms with E-state index < -0.39 is 0 Å². The molecule has 0 aliphatic rings. The zero-order chi connectivity index (χ0) is 13.9. The Bertz CT molecular complexity index is 638. The van der Waals surface area contributed by atoms with Crippen LogP contribution in [0.2, 0.25) is 0 Å². The van der Waals surface area contributed by atoms with E-state index in [1.807, 2.05) is 22.6 Å². The van der Waals surface area contributed by atoms with Crippen LogP contribution in [-0.4, -0.2) is 50.8 Å². The molecule has 6 N–H and O–H groups in total. The van der Waals surface area contributed by atoms with Crippen molar-refractivity contribution in [2.24, 2.45) is 0 Å². The van der Waals surface area contributed by atoms with Crippen LogP contribution in [0.25, 0.3) is 0 Å². The summed E-state index contributed by atoms with van der Waals surface area (Å²) in [6.07, 6.45) is 0. The zero-order valence-electron chi connectivity index (χ0n) is 9.53. The molecule has 0 bridgehead atoms. The number of nitrogens with one attached hydrogen (secondary N) is 4. The maximum Gasteiger partial charge on any atom is 0.269 e. The van der Waals surface area contributed by atoms with E-state index in [0.29, 0.717) is 9.78 Å². The van der Waals surface area contributed by atoms with Crippen LogP contribution >= 0.6 is 22.6 Å². The second-order valence-electron chi connectivity index (χ2n) is 3.29. The Balaban J connectivity index is 1.68. The molecule has 102 valence electrons. The summed E-state index contributed by atoms with van der Waals surface area (Å²) in [5, 5.41) is 33.3. The van der Waals surface area contributed by atoms with Crippen molar-refractivity contribution >= 4 is 52.3 Å². The fourth-order valence-electron chi connectivity index (χ4n) is 1.17. The lowest BCUT2D eigenvalue weighted by molar-refractivity contribution is 0.869. The van der Waals surface area contributed by atoms with E-state index >= 15 is 0 Å². The molecule has 0 aliphatic carbocycles. The largest absolute Gasteiger partial charge is 0.366 e. The van der Waals surface area contributed by atoms with Gasteiger partial charge < -0.3 is 5.73 Å². The van der Waals surface area contributed by atoms with Gasteiger partial charge in [0.05, 0.1) is 0 Å². The minimum Gasteiger partial charge on any atom is -0.366 e. The molecular weight excluding hydrogens is 381 g/mol. The van der Waals surface area contributed by atoms with Crippen molar-refractivity contribution in [3.63, 3.8) is 0 Å². The highest BCUT2D eigenvalue weighted by Gasteiger charge is 2.06. The van der Waals surface area contributed by atoms with Gasteiger partial charge in [-0.25, -0.2) is 10.2 Å². The summed E-state index contributed by atoms with van der Waals surface area (Å²) < 4.78 is 0.562. The Labute approximate surface area is 123 Å². The van der Waals surface area contributed by atoms with E-state index in [1.165, 1.54) is 0 Å². The summed E-state index contributed by atoms with van der Waals surface area (Å²) in [4.78, 5) is 7.84. The molecular formula is C6H6IN13. The number of rotatable bonds is 4. The van der Waals surface area contributed by atoms with Gasteiger partial charge in [0, 0.05) is 22.6 Å². The molecule has 0 unspecified atom stereocenters. The number of hydrogen-bond donors (Lipinski definition) is 5. The highest BCUT2D eigenvalue weighted by atomic mass is 127. The maximum atomic E-state index is 5.35. The molecule has 3 aromatic heterocycles. The van der Waals surface area contributed by atoms with Crippen molar-refractivity contribution < 1.29 is 0 Å². The van der Waals surface area contributed by atoms with Gasteiger partial charge in [0.15, 0.2) is 0 Å². The molecule has 14 heteroatoms. The van der Waals surface area contributed by atoms with Gasteiger partial charge in [-0.15, -0.1) is 30.6 Å². The fraction of sp³-hybridized carbons (Fsp3) is 0. The summed E-state index contributed by atoms with van der Waals surface area (Å²) >= 11 is 1.96. The van der Waals surface area contributed by atoms with Gasteiger partial charge in [0.2, 0.25) is 21.7 Å². The monoisotopic (exact) mass is 387 g/mol. The van der Waals surface area contributed by atoms with E-state index in [9.17, 15) is 0 Å². The van der Waals surface area contributed by atoms with E-state index in [1.54, 1.807) is 0 Å². The first-order valence-corrected chi connectivity index (χ1v) is 6.14. The first-order chi connectivity index (χ1) is 9.69. The summed E-state index contributed by atoms with van der Waals surface area (Å²) in [5.74, 6) is 1.09. The van der Waals surface area contributed by atoms with Gasteiger partial charge in [0.1, 0.15) is 0 Å². The van der Waals surface area contributed by atoms with Crippen LogP contribution in [0.15, 0.2) is 0 Å². The third-order valence-electron chi connectivity index (χ3n) is 1.90. The van der Waals surface area contributed by atoms with Gasteiger partial charge in [0.25, 0.3) is 11.9 Å². The van der Waals surface area contributed by atoms with Gasteiger partial charge in [-0.2, -0.15) is 9.97 Å². The third-order valence-corrected chi connectivity index (χ3v) is 2.38. The van der Waals surface area contributed by atoms with Crippen molar-refractivity contribution in [3.8, 4) is 0 Å². The summed E-state index contributed by atoms with van der Waals surface area (Å²) in [6.45, 7) is 0. The molecule has 13 nitrogen and oxygen atoms in total. The fourth-order valence-corrected chi connectivity index (χ4v) is 1.53. The Hall–Kier alpha value is -2.65. The van der Waals surface area contributed by atoms with Crippen LogP contribution in [0.1, 0.15) is 0 Å². The maximum absolute atomic E-state index is 5.35. The first-order valence-electron chi connectivity index (χ1n) is 5.06. The molecule has 3 rings (SSSR count). The quantitative estimate of drug-likeness (QED) is 0.352. The predicted octanol–water partition coefficient (Wildman–Crippen LogP) is -0.823. The predicted molar refractivity (Wildman–Crippen MR) is 74.1 cm³/mol.